The number of amides is 1. The summed E-state index contributed by atoms with van der Waals surface area (Å²) in [5, 5.41) is 12.1. The molecule has 2 aromatic carbocycles. The molecule has 0 fully saturated rings. The molecule has 1 atom stereocenters. The number of anilines is 1. The first-order chi connectivity index (χ1) is 11.7. The summed E-state index contributed by atoms with van der Waals surface area (Å²) >= 11 is 18.4. The highest BCUT2D eigenvalue weighted by molar-refractivity contribution is 6.36. The van der Waals surface area contributed by atoms with Crippen molar-refractivity contribution >= 4 is 52.2 Å². The van der Waals surface area contributed by atoms with Gasteiger partial charge in [-0.15, -0.1) is 0 Å². The summed E-state index contributed by atoms with van der Waals surface area (Å²) in [5.41, 5.74) is -0.558. The predicted octanol–water partition coefficient (Wildman–Crippen LogP) is 4.36. The van der Waals surface area contributed by atoms with Gasteiger partial charge in [-0.25, -0.2) is 0 Å². The van der Waals surface area contributed by atoms with E-state index >= 15 is 0 Å². The quantitative estimate of drug-likeness (QED) is 0.832. The Bertz CT molecular complexity index is 884. The average Bonchev–Trinajstić information content (AvgIpc) is 2.72. The average molecular weight is 399 g/mol. The van der Waals surface area contributed by atoms with Gasteiger partial charge in [0.05, 0.1) is 17.3 Å². The highest BCUT2D eigenvalue weighted by Crippen LogP contribution is 2.47. The number of Topliss-reactive ketones (excluding diaryl/α,β-unsaturated/α-hetero) is 1. The third kappa shape index (κ3) is 3.15. The fourth-order valence-electron chi connectivity index (χ4n) is 3.07. The Morgan fingerprint density at radius 3 is 2.52 bits per heavy atom. The van der Waals surface area contributed by atoms with Crippen molar-refractivity contribution in [2.24, 2.45) is 0 Å². The van der Waals surface area contributed by atoms with E-state index in [0.717, 1.165) is 0 Å². The molecule has 1 unspecified atom stereocenters. The Labute approximate surface area is 159 Å². The van der Waals surface area contributed by atoms with Crippen LogP contribution in [0.25, 0.3) is 0 Å². The van der Waals surface area contributed by atoms with Crippen LogP contribution in [0, 0.1) is 0 Å². The molecule has 1 N–H and O–H groups in total. The van der Waals surface area contributed by atoms with Gasteiger partial charge in [0, 0.05) is 22.0 Å². The van der Waals surface area contributed by atoms with Gasteiger partial charge in [-0.2, -0.15) is 0 Å². The minimum atomic E-state index is -1.93. The molecular formula is C18H14Cl3NO3. The number of para-hydroxylation sites is 1. The summed E-state index contributed by atoms with van der Waals surface area (Å²) in [6.45, 7) is 1.43. The van der Waals surface area contributed by atoms with Gasteiger partial charge < -0.3 is 10.0 Å². The molecule has 1 aliphatic heterocycles. The lowest BCUT2D eigenvalue weighted by molar-refractivity contribution is -0.141. The maximum absolute atomic E-state index is 13.0. The molecule has 0 saturated carbocycles. The minimum Gasteiger partial charge on any atom is -0.375 e. The number of hydrogen-bond donors (Lipinski definition) is 1. The molecule has 130 valence electrons. The number of carbonyl (C=O) groups excluding carboxylic acids is 2. The molecule has 25 heavy (non-hydrogen) atoms. The standard InChI is InChI=1S/C18H14Cl3NO3/c1-10(23)8-18(25)13-3-2-4-14(20)16(13)22(17(18)24)9-11-5-6-12(19)7-15(11)21/h2-7,25H,8-9H2,1H3. The van der Waals surface area contributed by atoms with Crippen LogP contribution < -0.4 is 4.90 Å². The van der Waals surface area contributed by atoms with E-state index < -0.39 is 11.5 Å². The molecule has 1 amide bonds. The van der Waals surface area contributed by atoms with Crippen LogP contribution in [-0.4, -0.2) is 16.8 Å². The highest BCUT2D eigenvalue weighted by Gasteiger charge is 2.51. The van der Waals surface area contributed by atoms with E-state index in [-0.39, 0.29) is 18.7 Å². The van der Waals surface area contributed by atoms with Gasteiger partial charge in [0.15, 0.2) is 5.60 Å². The second-order valence-electron chi connectivity index (χ2n) is 6.00. The number of aliphatic hydroxyl groups is 1. The Hall–Kier alpha value is -1.59. The van der Waals surface area contributed by atoms with Crippen molar-refractivity contribution in [1.29, 1.82) is 0 Å². The molecule has 2 aromatic rings. The van der Waals surface area contributed by atoms with Crippen molar-refractivity contribution in [1.82, 2.24) is 0 Å². The number of nitrogens with zero attached hydrogens (tertiary/aromatic N) is 1. The number of rotatable bonds is 4. The maximum Gasteiger partial charge on any atom is 0.264 e. The predicted molar refractivity (Wildman–Crippen MR) is 98.3 cm³/mol. The van der Waals surface area contributed by atoms with Crippen molar-refractivity contribution < 1.29 is 14.7 Å². The fourth-order valence-corrected chi connectivity index (χ4v) is 3.81. The first kappa shape index (κ1) is 18.2. The van der Waals surface area contributed by atoms with Gasteiger partial charge in [-0.3, -0.25) is 9.59 Å². The van der Waals surface area contributed by atoms with Crippen LogP contribution in [0.3, 0.4) is 0 Å². The van der Waals surface area contributed by atoms with Gasteiger partial charge in [0.1, 0.15) is 5.78 Å². The third-order valence-corrected chi connectivity index (χ3v) is 5.04. The number of benzene rings is 2. The van der Waals surface area contributed by atoms with E-state index in [9.17, 15) is 14.7 Å². The van der Waals surface area contributed by atoms with Crippen molar-refractivity contribution in [2.45, 2.75) is 25.5 Å². The Balaban J connectivity index is 2.09. The van der Waals surface area contributed by atoms with Gasteiger partial charge >= 0.3 is 0 Å². The van der Waals surface area contributed by atoms with Crippen molar-refractivity contribution in [3.05, 3.63) is 62.6 Å². The number of halogens is 3. The summed E-state index contributed by atoms with van der Waals surface area (Å²) in [6.07, 6.45) is -0.315. The van der Waals surface area contributed by atoms with E-state index in [0.29, 0.717) is 31.9 Å². The lowest BCUT2D eigenvalue weighted by atomic mass is 9.90. The molecule has 0 radical (unpaired) electrons. The zero-order valence-corrected chi connectivity index (χ0v) is 15.5. The van der Waals surface area contributed by atoms with E-state index in [4.69, 9.17) is 34.8 Å². The largest absolute Gasteiger partial charge is 0.375 e. The minimum absolute atomic E-state index is 0.103. The second kappa shape index (κ2) is 6.61. The molecule has 0 bridgehead atoms. The maximum atomic E-state index is 13.0. The zero-order chi connectivity index (χ0) is 18.4. The summed E-state index contributed by atoms with van der Waals surface area (Å²) < 4.78 is 0. The van der Waals surface area contributed by atoms with E-state index in [1.165, 1.54) is 11.8 Å². The monoisotopic (exact) mass is 397 g/mol. The summed E-state index contributed by atoms with van der Waals surface area (Å²) in [6, 6.07) is 9.82. The Morgan fingerprint density at radius 1 is 1.16 bits per heavy atom. The van der Waals surface area contributed by atoms with Crippen molar-refractivity contribution in [3.63, 3.8) is 0 Å². The van der Waals surface area contributed by atoms with Gasteiger partial charge in [-0.1, -0.05) is 53.0 Å². The number of hydrogen-bond acceptors (Lipinski definition) is 3. The summed E-state index contributed by atoms with van der Waals surface area (Å²) in [5.74, 6) is -0.898. The molecule has 4 nitrogen and oxygen atoms in total. The Kier molecular flexibility index (Phi) is 4.82. The van der Waals surface area contributed by atoms with Crippen LogP contribution in [0.5, 0.6) is 0 Å². The Morgan fingerprint density at radius 2 is 1.88 bits per heavy atom. The number of ketones is 1. The van der Waals surface area contributed by atoms with Crippen LogP contribution in [0.4, 0.5) is 5.69 Å². The highest BCUT2D eigenvalue weighted by atomic mass is 35.5. The molecule has 0 saturated heterocycles. The SMILES string of the molecule is CC(=O)CC1(O)C(=O)N(Cc2ccc(Cl)cc2Cl)c2c(Cl)cccc21. The molecule has 1 aliphatic rings. The van der Waals surface area contributed by atoms with Crippen LogP contribution >= 0.6 is 34.8 Å². The molecule has 7 heteroatoms. The van der Waals surface area contributed by atoms with E-state index in [1.54, 1.807) is 36.4 Å². The topological polar surface area (TPSA) is 57.6 Å². The summed E-state index contributed by atoms with van der Waals surface area (Å²) in [7, 11) is 0. The zero-order valence-electron chi connectivity index (χ0n) is 13.2. The molecular weight excluding hydrogens is 385 g/mol. The summed E-state index contributed by atoms with van der Waals surface area (Å²) in [4.78, 5) is 25.9. The smallest absolute Gasteiger partial charge is 0.264 e. The number of carbonyl (C=O) groups is 2. The van der Waals surface area contributed by atoms with Crippen LogP contribution in [0.2, 0.25) is 15.1 Å². The van der Waals surface area contributed by atoms with E-state index in [1.807, 2.05) is 0 Å². The first-order valence-electron chi connectivity index (χ1n) is 7.50. The van der Waals surface area contributed by atoms with Gasteiger partial charge in [-0.05, 0) is 30.7 Å². The van der Waals surface area contributed by atoms with Crippen LogP contribution in [-0.2, 0) is 21.7 Å². The molecule has 3 rings (SSSR count). The van der Waals surface area contributed by atoms with Gasteiger partial charge in [0.2, 0.25) is 0 Å². The molecule has 0 spiro atoms. The van der Waals surface area contributed by atoms with Crippen molar-refractivity contribution in [2.75, 3.05) is 4.90 Å². The van der Waals surface area contributed by atoms with E-state index in [2.05, 4.69) is 0 Å². The third-order valence-electron chi connectivity index (χ3n) is 4.15. The van der Waals surface area contributed by atoms with Crippen LogP contribution in [0.1, 0.15) is 24.5 Å². The normalized spacial score (nSPS) is 19.2. The molecule has 0 aliphatic carbocycles. The lowest BCUT2D eigenvalue weighted by Gasteiger charge is -2.22. The second-order valence-corrected chi connectivity index (χ2v) is 7.25. The van der Waals surface area contributed by atoms with Gasteiger partial charge in [0.25, 0.3) is 5.91 Å². The lowest BCUT2D eigenvalue weighted by Crippen LogP contribution is -2.41. The van der Waals surface area contributed by atoms with Crippen molar-refractivity contribution in [3.8, 4) is 0 Å². The molecule has 0 aromatic heterocycles. The fraction of sp³-hybridized carbons (Fsp3) is 0.222. The first-order valence-corrected chi connectivity index (χ1v) is 8.64. The van der Waals surface area contributed by atoms with Crippen LogP contribution in [0.15, 0.2) is 36.4 Å². The number of fused-ring (bicyclic) bond motifs is 1. The molecule has 1 heterocycles.